The first kappa shape index (κ1) is 14.8. The van der Waals surface area contributed by atoms with E-state index in [1.165, 1.54) is 0 Å². The standard InChI is InChI=1S/C12H18INO2S/c1-4-17(15,16)8-10(3)14-12-7-11(13)6-5-9(12)2/h5-7,10,14H,4,8H2,1-3H3. The summed E-state index contributed by atoms with van der Waals surface area (Å²) in [6, 6.07) is 6.03. The predicted octanol–water partition coefficient (Wildman–Crippen LogP) is 2.83. The van der Waals surface area contributed by atoms with Gasteiger partial charge in [0.05, 0.1) is 5.75 Å². The van der Waals surface area contributed by atoms with Crippen molar-refractivity contribution < 1.29 is 8.42 Å². The number of nitrogens with one attached hydrogen (secondary N) is 1. The van der Waals surface area contributed by atoms with Crippen molar-refractivity contribution in [1.29, 1.82) is 0 Å². The molecule has 0 radical (unpaired) electrons. The van der Waals surface area contributed by atoms with E-state index in [1.54, 1.807) is 6.92 Å². The Hall–Kier alpha value is -0.300. The van der Waals surface area contributed by atoms with E-state index in [-0.39, 0.29) is 17.5 Å². The van der Waals surface area contributed by atoms with Gasteiger partial charge in [0.2, 0.25) is 0 Å². The molecule has 5 heteroatoms. The Kier molecular flexibility index (Phi) is 5.24. The van der Waals surface area contributed by atoms with Crippen LogP contribution in [-0.4, -0.2) is 26.0 Å². The van der Waals surface area contributed by atoms with Crippen LogP contribution < -0.4 is 5.32 Å². The van der Waals surface area contributed by atoms with Crippen LogP contribution in [0.15, 0.2) is 18.2 Å². The average Bonchev–Trinajstić information content (AvgIpc) is 2.23. The Bertz CT molecular complexity index is 485. The van der Waals surface area contributed by atoms with Gasteiger partial charge in [0, 0.05) is 21.1 Å². The Morgan fingerprint density at radius 1 is 1.41 bits per heavy atom. The van der Waals surface area contributed by atoms with E-state index < -0.39 is 9.84 Å². The maximum absolute atomic E-state index is 11.5. The van der Waals surface area contributed by atoms with Crippen LogP contribution in [0.2, 0.25) is 0 Å². The Morgan fingerprint density at radius 2 is 2.06 bits per heavy atom. The lowest BCUT2D eigenvalue weighted by Gasteiger charge is -2.17. The zero-order valence-corrected chi connectivity index (χ0v) is 13.3. The van der Waals surface area contributed by atoms with Gasteiger partial charge >= 0.3 is 0 Å². The molecule has 3 nitrogen and oxygen atoms in total. The molecule has 0 aliphatic carbocycles. The van der Waals surface area contributed by atoms with E-state index in [0.717, 1.165) is 14.8 Å². The van der Waals surface area contributed by atoms with Gasteiger partial charge in [-0.3, -0.25) is 0 Å². The number of aryl methyl sites for hydroxylation is 1. The molecule has 17 heavy (non-hydrogen) atoms. The molecule has 0 fully saturated rings. The first-order valence-corrected chi connectivity index (χ1v) is 8.47. The van der Waals surface area contributed by atoms with Gasteiger partial charge in [-0.1, -0.05) is 13.0 Å². The molecule has 0 saturated carbocycles. The van der Waals surface area contributed by atoms with Crippen LogP contribution in [0.1, 0.15) is 19.4 Å². The lowest BCUT2D eigenvalue weighted by atomic mass is 10.2. The van der Waals surface area contributed by atoms with Gasteiger partial charge in [-0.25, -0.2) is 8.42 Å². The number of sulfone groups is 1. The summed E-state index contributed by atoms with van der Waals surface area (Å²) < 4.78 is 24.2. The number of hydrogen-bond acceptors (Lipinski definition) is 3. The molecule has 0 heterocycles. The van der Waals surface area contributed by atoms with Crippen LogP contribution in [0.3, 0.4) is 0 Å². The van der Waals surface area contributed by atoms with Gasteiger partial charge in [0.1, 0.15) is 0 Å². The Labute approximate surface area is 117 Å². The third-order valence-corrected chi connectivity index (χ3v) is 5.10. The maximum Gasteiger partial charge on any atom is 0.152 e. The quantitative estimate of drug-likeness (QED) is 0.815. The fourth-order valence-electron chi connectivity index (χ4n) is 1.56. The van der Waals surface area contributed by atoms with Gasteiger partial charge < -0.3 is 5.32 Å². The lowest BCUT2D eigenvalue weighted by molar-refractivity contribution is 0.593. The second-order valence-electron chi connectivity index (χ2n) is 4.20. The highest BCUT2D eigenvalue weighted by Gasteiger charge is 2.14. The molecule has 0 aliphatic heterocycles. The van der Waals surface area contributed by atoms with Gasteiger partial charge in [-0.05, 0) is 54.1 Å². The zero-order chi connectivity index (χ0) is 13.1. The van der Waals surface area contributed by atoms with Crippen molar-refractivity contribution in [2.45, 2.75) is 26.8 Å². The minimum absolute atomic E-state index is 0.0724. The van der Waals surface area contributed by atoms with E-state index >= 15 is 0 Å². The summed E-state index contributed by atoms with van der Waals surface area (Å²) in [6.07, 6.45) is 0. The average molecular weight is 367 g/mol. The SMILES string of the molecule is CCS(=O)(=O)CC(C)Nc1cc(I)ccc1C. The smallest absolute Gasteiger partial charge is 0.152 e. The van der Waals surface area contributed by atoms with Gasteiger partial charge in [-0.2, -0.15) is 0 Å². The zero-order valence-electron chi connectivity index (χ0n) is 10.3. The van der Waals surface area contributed by atoms with E-state index in [2.05, 4.69) is 27.9 Å². The Morgan fingerprint density at radius 3 is 2.65 bits per heavy atom. The second kappa shape index (κ2) is 6.04. The van der Waals surface area contributed by atoms with Gasteiger partial charge in [-0.15, -0.1) is 0 Å². The van der Waals surface area contributed by atoms with Crippen LogP contribution in [0.5, 0.6) is 0 Å². The second-order valence-corrected chi connectivity index (χ2v) is 7.85. The van der Waals surface area contributed by atoms with Crippen molar-refractivity contribution in [2.24, 2.45) is 0 Å². The van der Waals surface area contributed by atoms with Crippen LogP contribution in [0.4, 0.5) is 5.69 Å². The molecule has 1 aromatic rings. The number of hydrogen-bond donors (Lipinski definition) is 1. The van der Waals surface area contributed by atoms with Gasteiger partial charge in [0.15, 0.2) is 9.84 Å². The molecule has 0 bridgehead atoms. The molecular formula is C12H18INO2S. The summed E-state index contributed by atoms with van der Waals surface area (Å²) in [6.45, 7) is 5.59. The van der Waals surface area contributed by atoms with Crippen molar-refractivity contribution in [3.05, 3.63) is 27.3 Å². The van der Waals surface area contributed by atoms with Crippen LogP contribution in [-0.2, 0) is 9.84 Å². The lowest BCUT2D eigenvalue weighted by Crippen LogP contribution is -2.27. The maximum atomic E-state index is 11.5. The fraction of sp³-hybridized carbons (Fsp3) is 0.500. The van der Waals surface area contributed by atoms with Crippen LogP contribution >= 0.6 is 22.6 Å². The number of benzene rings is 1. The predicted molar refractivity (Wildman–Crippen MR) is 81.3 cm³/mol. The summed E-state index contributed by atoms with van der Waals surface area (Å²) in [5.41, 5.74) is 2.14. The van der Waals surface area contributed by atoms with E-state index in [1.807, 2.05) is 32.0 Å². The van der Waals surface area contributed by atoms with Crippen molar-refractivity contribution in [2.75, 3.05) is 16.8 Å². The third-order valence-electron chi connectivity index (χ3n) is 2.55. The third kappa shape index (κ3) is 4.83. The molecule has 0 amide bonds. The molecule has 96 valence electrons. The fourth-order valence-corrected chi connectivity index (χ4v) is 3.13. The highest BCUT2D eigenvalue weighted by Crippen LogP contribution is 2.19. The first-order chi connectivity index (χ1) is 7.84. The van der Waals surface area contributed by atoms with Gasteiger partial charge in [0.25, 0.3) is 0 Å². The minimum Gasteiger partial charge on any atom is -0.381 e. The molecule has 0 aliphatic rings. The molecule has 1 aromatic carbocycles. The van der Waals surface area contributed by atoms with E-state index in [0.29, 0.717) is 0 Å². The molecule has 1 unspecified atom stereocenters. The summed E-state index contributed by atoms with van der Waals surface area (Å²) in [5, 5.41) is 3.26. The van der Waals surface area contributed by atoms with E-state index in [9.17, 15) is 8.42 Å². The molecule has 1 atom stereocenters. The van der Waals surface area contributed by atoms with Crippen molar-refractivity contribution in [3.63, 3.8) is 0 Å². The number of anilines is 1. The number of rotatable bonds is 5. The first-order valence-electron chi connectivity index (χ1n) is 5.57. The monoisotopic (exact) mass is 367 g/mol. The summed E-state index contributed by atoms with van der Waals surface area (Å²) in [7, 11) is -2.93. The topological polar surface area (TPSA) is 46.2 Å². The molecular weight excluding hydrogens is 349 g/mol. The molecule has 0 saturated heterocycles. The van der Waals surface area contributed by atoms with Crippen LogP contribution in [0.25, 0.3) is 0 Å². The van der Waals surface area contributed by atoms with Crippen LogP contribution in [0, 0.1) is 10.5 Å². The summed E-state index contributed by atoms with van der Waals surface area (Å²) >= 11 is 2.25. The molecule has 1 N–H and O–H groups in total. The van der Waals surface area contributed by atoms with E-state index in [4.69, 9.17) is 0 Å². The van der Waals surface area contributed by atoms with Crippen molar-refractivity contribution in [3.8, 4) is 0 Å². The molecule has 0 spiro atoms. The summed E-state index contributed by atoms with van der Waals surface area (Å²) in [4.78, 5) is 0. The normalized spacial score (nSPS) is 13.4. The summed E-state index contributed by atoms with van der Waals surface area (Å²) in [5.74, 6) is 0.374. The number of halogens is 1. The largest absolute Gasteiger partial charge is 0.381 e. The Balaban J connectivity index is 2.74. The molecule has 0 aromatic heterocycles. The minimum atomic E-state index is -2.93. The highest BCUT2D eigenvalue weighted by atomic mass is 127. The van der Waals surface area contributed by atoms with Crippen molar-refractivity contribution >= 4 is 38.1 Å². The molecule has 1 rings (SSSR count). The highest BCUT2D eigenvalue weighted by molar-refractivity contribution is 14.1. The van der Waals surface area contributed by atoms with Crippen molar-refractivity contribution in [1.82, 2.24) is 0 Å².